The molecule has 1 aromatic rings. The number of benzene rings is 1. The van der Waals surface area contributed by atoms with E-state index in [-0.39, 0.29) is 11.5 Å². The van der Waals surface area contributed by atoms with Gasteiger partial charge in [0.25, 0.3) is 0 Å². The van der Waals surface area contributed by atoms with Crippen LogP contribution in [0, 0.1) is 5.41 Å². The van der Waals surface area contributed by atoms with Gasteiger partial charge in [-0.05, 0) is 37.7 Å². The van der Waals surface area contributed by atoms with Crippen LogP contribution >= 0.6 is 0 Å². The van der Waals surface area contributed by atoms with Crippen LogP contribution in [0.25, 0.3) is 5.57 Å². The van der Waals surface area contributed by atoms with Gasteiger partial charge in [0.05, 0.1) is 0 Å². The van der Waals surface area contributed by atoms with Crippen molar-refractivity contribution in [2.24, 2.45) is 5.41 Å². The summed E-state index contributed by atoms with van der Waals surface area (Å²) in [6.07, 6.45) is 4.55. The first-order valence-electron chi connectivity index (χ1n) is 7.70. The third-order valence-electron chi connectivity index (χ3n) is 4.34. The molecule has 0 amide bonds. The molecular formula is C19H24O2. The van der Waals surface area contributed by atoms with Crippen LogP contribution in [0.3, 0.4) is 0 Å². The average Bonchev–Trinajstić information content (AvgIpc) is 2.77. The number of fused-ring (bicyclic) bond motifs is 1. The molecule has 0 radical (unpaired) electrons. The molecule has 1 aromatic carbocycles. The van der Waals surface area contributed by atoms with E-state index < -0.39 is 5.60 Å². The molecule has 1 N–H and O–H groups in total. The lowest BCUT2D eigenvalue weighted by Crippen LogP contribution is -2.26. The summed E-state index contributed by atoms with van der Waals surface area (Å²) in [5, 5.41) is 10.5. The molecule has 112 valence electrons. The van der Waals surface area contributed by atoms with Gasteiger partial charge in [-0.25, -0.2) is 0 Å². The molecule has 1 unspecified atom stereocenters. The van der Waals surface area contributed by atoms with Crippen molar-refractivity contribution in [3.63, 3.8) is 0 Å². The van der Waals surface area contributed by atoms with Crippen molar-refractivity contribution in [2.45, 2.75) is 52.2 Å². The minimum absolute atomic E-state index is 0.0923. The molecule has 0 aromatic heterocycles. The van der Waals surface area contributed by atoms with Crippen LogP contribution < -0.4 is 0 Å². The molecule has 21 heavy (non-hydrogen) atoms. The molecule has 2 heteroatoms. The molecule has 1 aliphatic heterocycles. The Balaban J connectivity index is 2.18. The van der Waals surface area contributed by atoms with Crippen LogP contribution in [0.1, 0.15) is 46.1 Å². The number of hydrogen-bond acceptors (Lipinski definition) is 2. The normalized spacial score (nSPS) is 24.4. The van der Waals surface area contributed by atoms with Crippen LogP contribution in [0.15, 0.2) is 47.7 Å². The van der Waals surface area contributed by atoms with Crippen molar-refractivity contribution < 1.29 is 9.84 Å². The Labute approximate surface area is 127 Å². The summed E-state index contributed by atoms with van der Waals surface area (Å²) in [5.41, 5.74) is 2.68. The Bertz CT molecular complexity index is 600. The second-order valence-corrected chi connectivity index (χ2v) is 7.36. The lowest BCUT2D eigenvalue weighted by molar-refractivity contribution is 0.0238. The monoisotopic (exact) mass is 284 g/mol. The molecule has 2 aliphatic rings. The SMILES string of the molecule is CC1(C)C=C2C(c3ccccc3)=C(C(C)(C)O)OC2CC1. The topological polar surface area (TPSA) is 29.5 Å². The summed E-state index contributed by atoms with van der Waals surface area (Å²) in [7, 11) is 0. The van der Waals surface area contributed by atoms with Gasteiger partial charge >= 0.3 is 0 Å². The lowest BCUT2D eigenvalue weighted by atomic mass is 9.76. The predicted molar refractivity (Wildman–Crippen MR) is 85.6 cm³/mol. The number of rotatable bonds is 2. The van der Waals surface area contributed by atoms with Gasteiger partial charge in [-0.2, -0.15) is 0 Å². The zero-order chi connectivity index (χ0) is 15.3. The van der Waals surface area contributed by atoms with Gasteiger partial charge in [-0.3, -0.25) is 0 Å². The average molecular weight is 284 g/mol. The van der Waals surface area contributed by atoms with Crippen molar-refractivity contribution in [3.05, 3.63) is 53.3 Å². The molecule has 0 bridgehead atoms. The van der Waals surface area contributed by atoms with Gasteiger partial charge in [0, 0.05) is 11.1 Å². The summed E-state index contributed by atoms with van der Waals surface area (Å²) in [5.74, 6) is 0.711. The van der Waals surface area contributed by atoms with Crippen LogP contribution in [-0.4, -0.2) is 16.8 Å². The zero-order valence-electron chi connectivity index (χ0n) is 13.3. The number of allylic oxidation sites excluding steroid dienone is 1. The molecule has 0 fully saturated rings. The van der Waals surface area contributed by atoms with E-state index in [9.17, 15) is 5.11 Å². The van der Waals surface area contributed by atoms with Gasteiger partial charge < -0.3 is 9.84 Å². The van der Waals surface area contributed by atoms with Crippen LogP contribution in [-0.2, 0) is 4.74 Å². The Hall–Kier alpha value is -1.54. The maximum absolute atomic E-state index is 10.5. The van der Waals surface area contributed by atoms with E-state index in [4.69, 9.17) is 4.74 Å². The Morgan fingerprint density at radius 1 is 1.19 bits per heavy atom. The molecular weight excluding hydrogens is 260 g/mol. The first-order valence-corrected chi connectivity index (χ1v) is 7.70. The first-order chi connectivity index (χ1) is 9.78. The fourth-order valence-corrected chi connectivity index (χ4v) is 3.29. The van der Waals surface area contributed by atoms with Crippen LogP contribution in [0.5, 0.6) is 0 Å². The lowest BCUT2D eigenvalue weighted by Gasteiger charge is -2.30. The quantitative estimate of drug-likeness (QED) is 0.876. The molecule has 0 saturated heterocycles. The highest BCUT2D eigenvalue weighted by Gasteiger charge is 2.41. The second-order valence-electron chi connectivity index (χ2n) is 7.36. The molecule has 0 spiro atoms. The predicted octanol–water partition coefficient (Wildman–Crippen LogP) is 4.31. The molecule has 0 saturated carbocycles. The zero-order valence-corrected chi connectivity index (χ0v) is 13.3. The van der Waals surface area contributed by atoms with Crippen molar-refractivity contribution in [2.75, 3.05) is 0 Å². The molecule has 1 aliphatic carbocycles. The first kappa shape index (κ1) is 14.4. The van der Waals surface area contributed by atoms with Crippen molar-refractivity contribution >= 4 is 5.57 Å². The largest absolute Gasteiger partial charge is 0.486 e. The Morgan fingerprint density at radius 2 is 1.86 bits per heavy atom. The number of hydrogen-bond donors (Lipinski definition) is 1. The second kappa shape index (κ2) is 4.74. The molecule has 2 nitrogen and oxygen atoms in total. The minimum atomic E-state index is -0.965. The standard InChI is InChI=1S/C19H24O2/c1-18(2)11-10-15-14(12-18)16(13-8-6-5-7-9-13)17(21-15)19(3,4)20/h5-9,12,15,20H,10-11H2,1-4H3. The highest BCUT2D eigenvalue weighted by Crippen LogP contribution is 2.48. The van der Waals surface area contributed by atoms with Crippen molar-refractivity contribution in [3.8, 4) is 0 Å². The Kier molecular flexibility index (Phi) is 3.25. The molecule has 1 atom stereocenters. The van der Waals surface area contributed by atoms with Crippen LogP contribution in [0.4, 0.5) is 0 Å². The van der Waals surface area contributed by atoms with E-state index in [1.807, 2.05) is 18.2 Å². The van der Waals surface area contributed by atoms with Gasteiger partial charge in [0.1, 0.15) is 17.5 Å². The maximum Gasteiger partial charge on any atom is 0.136 e. The number of ether oxygens (including phenoxy) is 1. The maximum atomic E-state index is 10.5. The van der Waals surface area contributed by atoms with Gasteiger partial charge in [0.2, 0.25) is 0 Å². The van der Waals surface area contributed by atoms with E-state index in [0.29, 0.717) is 5.76 Å². The van der Waals surface area contributed by atoms with Gasteiger partial charge in [-0.1, -0.05) is 50.3 Å². The fraction of sp³-hybridized carbons (Fsp3) is 0.474. The smallest absolute Gasteiger partial charge is 0.136 e. The van der Waals surface area contributed by atoms with E-state index in [2.05, 4.69) is 32.1 Å². The summed E-state index contributed by atoms with van der Waals surface area (Å²) in [4.78, 5) is 0. The highest BCUT2D eigenvalue weighted by atomic mass is 16.5. The van der Waals surface area contributed by atoms with E-state index in [1.54, 1.807) is 13.8 Å². The summed E-state index contributed by atoms with van der Waals surface area (Å²) < 4.78 is 6.15. The molecule has 3 rings (SSSR count). The third kappa shape index (κ3) is 2.65. The minimum Gasteiger partial charge on any atom is -0.486 e. The third-order valence-corrected chi connectivity index (χ3v) is 4.34. The summed E-state index contributed by atoms with van der Waals surface area (Å²) in [6, 6.07) is 10.3. The van der Waals surface area contributed by atoms with E-state index in [0.717, 1.165) is 24.0 Å². The summed E-state index contributed by atoms with van der Waals surface area (Å²) in [6.45, 7) is 8.13. The highest BCUT2D eigenvalue weighted by molar-refractivity contribution is 5.84. The van der Waals surface area contributed by atoms with Crippen molar-refractivity contribution in [1.29, 1.82) is 0 Å². The Morgan fingerprint density at radius 3 is 2.48 bits per heavy atom. The van der Waals surface area contributed by atoms with Crippen molar-refractivity contribution in [1.82, 2.24) is 0 Å². The number of aliphatic hydroxyl groups is 1. The summed E-state index contributed by atoms with van der Waals surface area (Å²) >= 11 is 0. The van der Waals surface area contributed by atoms with Crippen LogP contribution in [0.2, 0.25) is 0 Å². The van der Waals surface area contributed by atoms with E-state index >= 15 is 0 Å². The fourth-order valence-electron chi connectivity index (χ4n) is 3.29. The van der Waals surface area contributed by atoms with E-state index in [1.165, 1.54) is 5.57 Å². The van der Waals surface area contributed by atoms with Gasteiger partial charge in [-0.15, -0.1) is 0 Å². The molecule has 1 heterocycles. The van der Waals surface area contributed by atoms with Gasteiger partial charge in [0.15, 0.2) is 0 Å².